The van der Waals surface area contributed by atoms with E-state index in [1.54, 1.807) is 6.20 Å². The number of carbonyl (C=O) groups is 1. The second kappa shape index (κ2) is 8.97. The van der Waals surface area contributed by atoms with E-state index in [0.29, 0.717) is 29.9 Å². The lowest BCUT2D eigenvalue weighted by molar-refractivity contribution is -0.137. The van der Waals surface area contributed by atoms with Crippen LogP contribution in [0.5, 0.6) is 0 Å². The number of imidazole rings is 1. The second-order valence-corrected chi connectivity index (χ2v) is 10.7. The molecule has 2 aliphatic rings. The minimum atomic E-state index is -4.44. The van der Waals surface area contributed by atoms with Gasteiger partial charge in [-0.15, -0.1) is 0 Å². The van der Waals surface area contributed by atoms with Crippen LogP contribution in [0, 0.1) is 11.8 Å². The van der Waals surface area contributed by atoms with Crippen molar-refractivity contribution >= 4 is 27.8 Å². The monoisotopic (exact) mass is 529 g/mol. The number of fused-ring (bicyclic) bond motifs is 2. The molecule has 3 aromatic carbocycles. The molecule has 1 saturated heterocycles. The normalized spacial score (nSPS) is 17.9. The predicted octanol–water partition coefficient (Wildman–Crippen LogP) is 6.52. The number of aromatic amines is 1. The fourth-order valence-electron chi connectivity index (χ4n) is 5.67. The smallest absolute Gasteiger partial charge is 0.342 e. The van der Waals surface area contributed by atoms with E-state index in [9.17, 15) is 18.0 Å². The first-order valence-corrected chi connectivity index (χ1v) is 13.2. The van der Waals surface area contributed by atoms with Gasteiger partial charge in [-0.3, -0.25) is 9.89 Å². The zero-order chi connectivity index (χ0) is 26.7. The summed E-state index contributed by atoms with van der Waals surface area (Å²) in [6.45, 7) is 1.99. The third-order valence-electron chi connectivity index (χ3n) is 7.96. The van der Waals surface area contributed by atoms with Crippen molar-refractivity contribution in [1.29, 1.82) is 0 Å². The molecule has 9 heteroatoms. The van der Waals surface area contributed by atoms with Gasteiger partial charge in [0.1, 0.15) is 5.82 Å². The average Bonchev–Trinajstić information content (AvgIpc) is 3.33. The molecule has 1 saturated carbocycles. The Labute approximate surface area is 222 Å². The van der Waals surface area contributed by atoms with Gasteiger partial charge in [-0.2, -0.15) is 18.3 Å². The maximum Gasteiger partial charge on any atom is 0.416 e. The molecule has 1 aliphatic heterocycles. The number of nitrogens with zero attached hydrogens (tertiary/aromatic N) is 4. The molecular formula is C30H26F3N5O. The minimum absolute atomic E-state index is 0.182. The zero-order valence-electron chi connectivity index (χ0n) is 21.1. The van der Waals surface area contributed by atoms with Crippen LogP contribution in [0.25, 0.3) is 44.5 Å². The molecule has 198 valence electrons. The minimum Gasteiger partial charge on any atom is -0.342 e. The van der Waals surface area contributed by atoms with E-state index >= 15 is 0 Å². The Morgan fingerprint density at radius 3 is 2.49 bits per heavy atom. The molecule has 1 atom stereocenters. The summed E-state index contributed by atoms with van der Waals surface area (Å²) >= 11 is 0. The van der Waals surface area contributed by atoms with E-state index in [1.807, 2.05) is 51.9 Å². The molecule has 3 heterocycles. The maximum absolute atomic E-state index is 13.5. The van der Waals surface area contributed by atoms with Gasteiger partial charge in [0.2, 0.25) is 5.91 Å². The van der Waals surface area contributed by atoms with Gasteiger partial charge in [0.05, 0.1) is 28.3 Å². The zero-order valence-corrected chi connectivity index (χ0v) is 21.1. The van der Waals surface area contributed by atoms with E-state index in [0.717, 1.165) is 65.5 Å². The van der Waals surface area contributed by atoms with Gasteiger partial charge in [0, 0.05) is 36.5 Å². The average molecular weight is 530 g/mol. The lowest BCUT2D eigenvalue weighted by Gasteiger charge is -2.18. The topological polar surface area (TPSA) is 66.8 Å². The Bertz CT molecular complexity index is 1700. The molecular weight excluding hydrogens is 503 g/mol. The second-order valence-electron chi connectivity index (χ2n) is 10.7. The predicted molar refractivity (Wildman–Crippen MR) is 143 cm³/mol. The summed E-state index contributed by atoms with van der Waals surface area (Å²) < 4.78 is 42.4. The third kappa shape index (κ3) is 4.45. The number of rotatable bonds is 5. The fourth-order valence-corrected chi connectivity index (χ4v) is 5.67. The SMILES string of the molecule is O=C(C1CC1)N1CC[C@H](Cn2c(-c3ccc(-c4ccc5cn[nH]c5c4)cc3)nc3cc(C(F)(F)F)ccc32)C1. The molecule has 1 N–H and O–H groups in total. The fraction of sp³-hybridized carbons (Fsp3) is 0.300. The van der Waals surface area contributed by atoms with Crippen molar-refractivity contribution < 1.29 is 18.0 Å². The maximum atomic E-state index is 13.5. The number of benzene rings is 3. The van der Waals surface area contributed by atoms with Gasteiger partial charge in [0.25, 0.3) is 0 Å². The van der Waals surface area contributed by atoms with Crippen LogP contribution in [0.1, 0.15) is 24.8 Å². The van der Waals surface area contributed by atoms with Gasteiger partial charge in [0.15, 0.2) is 0 Å². The summed E-state index contributed by atoms with van der Waals surface area (Å²) in [4.78, 5) is 19.2. The van der Waals surface area contributed by atoms with Crippen molar-refractivity contribution in [2.24, 2.45) is 11.8 Å². The largest absolute Gasteiger partial charge is 0.416 e. The van der Waals surface area contributed by atoms with Crippen molar-refractivity contribution in [1.82, 2.24) is 24.6 Å². The van der Waals surface area contributed by atoms with Crippen LogP contribution in [-0.2, 0) is 17.5 Å². The van der Waals surface area contributed by atoms with Crippen LogP contribution in [-0.4, -0.2) is 43.6 Å². The Morgan fingerprint density at radius 1 is 0.949 bits per heavy atom. The highest BCUT2D eigenvalue weighted by atomic mass is 19.4. The van der Waals surface area contributed by atoms with Gasteiger partial charge >= 0.3 is 6.18 Å². The molecule has 1 aliphatic carbocycles. The van der Waals surface area contributed by atoms with E-state index in [4.69, 9.17) is 4.98 Å². The number of H-pyrrole nitrogens is 1. The summed E-state index contributed by atoms with van der Waals surface area (Å²) in [6, 6.07) is 17.8. The molecule has 39 heavy (non-hydrogen) atoms. The Hall–Kier alpha value is -4.14. The Kier molecular flexibility index (Phi) is 5.50. The Morgan fingerprint density at radius 2 is 1.72 bits per heavy atom. The number of aromatic nitrogens is 4. The summed E-state index contributed by atoms with van der Waals surface area (Å²) in [5.41, 5.74) is 4.10. The van der Waals surface area contributed by atoms with Gasteiger partial charge < -0.3 is 9.47 Å². The van der Waals surface area contributed by atoms with E-state index in [-0.39, 0.29) is 17.7 Å². The van der Waals surface area contributed by atoms with Gasteiger partial charge in [-0.25, -0.2) is 4.98 Å². The molecule has 0 unspecified atom stereocenters. The molecule has 1 amide bonds. The molecule has 0 spiro atoms. The molecule has 2 aromatic heterocycles. The van der Waals surface area contributed by atoms with E-state index in [2.05, 4.69) is 10.2 Å². The first kappa shape index (κ1) is 23.9. The quantitative estimate of drug-likeness (QED) is 0.282. The Balaban J connectivity index is 1.24. The number of alkyl halides is 3. The van der Waals surface area contributed by atoms with Crippen LogP contribution in [0.4, 0.5) is 13.2 Å². The van der Waals surface area contributed by atoms with Crippen molar-refractivity contribution in [3.8, 4) is 22.5 Å². The number of hydrogen-bond donors (Lipinski definition) is 1. The number of amides is 1. The van der Waals surface area contributed by atoms with Crippen LogP contribution >= 0.6 is 0 Å². The first-order valence-electron chi connectivity index (χ1n) is 13.2. The third-order valence-corrected chi connectivity index (χ3v) is 7.96. The van der Waals surface area contributed by atoms with Gasteiger partial charge in [-0.1, -0.05) is 36.4 Å². The number of hydrogen-bond acceptors (Lipinski definition) is 3. The summed E-state index contributed by atoms with van der Waals surface area (Å²) in [5.74, 6) is 1.27. The van der Waals surface area contributed by atoms with Crippen molar-refractivity contribution in [3.63, 3.8) is 0 Å². The highest BCUT2D eigenvalue weighted by Gasteiger charge is 2.37. The van der Waals surface area contributed by atoms with Crippen molar-refractivity contribution in [2.75, 3.05) is 13.1 Å². The highest BCUT2D eigenvalue weighted by Crippen LogP contribution is 2.36. The van der Waals surface area contributed by atoms with Crippen LogP contribution in [0.15, 0.2) is 66.9 Å². The van der Waals surface area contributed by atoms with Crippen molar-refractivity contribution in [3.05, 3.63) is 72.4 Å². The highest BCUT2D eigenvalue weighted by molar-refractivity contribution is 5.85. The number of halogens is 3. The number of likely N-dealkylation sites (tertiary alicyclic amines) is 1. The van der Waals surface area contributed by atoms with Crippen LogP contribution in [0.3, 0.4) is 0 Å². The lowest BCUT2D eigenvalue weighted by atomic mass is 10.0. The summed E-state index contributed by atoms with van der Waals surface area (Å²) in [5, 5.41) is 8.11. The van der Waals surface area contributed by atoms with Crippen molar-refractivity contribution in [2.45, 2.75) is 32.0 Å². The number of carbonyl (C=O) groups excluding carboxylic acids is 1. The standard InChI is InChI=1S/C30H26F3N5O/c31-30(32,33)24-9-10-27-26(14-24)35-28(38(27)17-18-11-12-37(16-18)29(39)21-5-6-21)20-3-1-19(2-4-20)22-7-8-23-15-34-36-25(23)13-22/h1-4,7-10,13-15,18,21H,5-6,11-12,16-17H2,(H,34,36)/t18-/m0/s1. The van der Waals surface area contributed by atoms with Crippen LogP contribution in [0.2, 0.25) is 0 Å². The van der Waals surface area contributed by atoms with E-state index < -0.39 is 11.7 Å². The van der Waals surface area contributed by atoms with Gasteiger partial charge in [-0.05, 0) is 60.6 Å². The number of nitrogens with one attached hydrogen (secondary N) is 1. The molecule has 2 fully saturated rings. The van der Waals surface area contributed by atoms with Crippen LogP contribution < -0.4 is 0 Å². The first-order chi connectivity index (χ1) is 18.8. The summed E-state index contributed by atoms with van der Waals surface area (Å²) in [7, 11) is 0. The molecule has 0 bridgehead atoms. The lowest BCUT2D eigenvalue weighted by Crippen LogP contribution is -2.30. The molecule has 5 aromatic rings. The molecule has 7 rings (SSSR count). The summed E-state index contributed by atoms with van der Waals surface area (Å²) in [6.07, 6.45) is 0.160. The molecule has 6 nitrogen and oxygen atoms in total. The van der Waals surface area contributed by atoms with E-state index in [1.165, 1.54) is 6.07 Å². The molecule has 0 radical (unpaired) electrons.